The molecule has 1 aliphatic rings. The van der Waals surface area contributed by atoms with Gasteiger partial charge >= 0.3 is 5.91 Å². The van der Waals surface area contributed by atoms with Crippen molar-refractivity contribution in [1.82, 2.24) is 34.8 Å². The molecule has 0 bridgehead atoms. The molecule has 0 radical (unpaired) electrons. The van der Waals surface area contributed by atoms with Crippen molar-refractivity contribution in [2.75, 3.05) is 27.2 Å². The quantitative estimate of drug-likeness (QED) is 0.253. The van der Waals surface area contributed by atoms with Crippen molar-refractivity contribution in [3.05, 3.63) is 71.6 Å². The molecular weight excluding hydrogens is 472 g/mol. The molecule has 0 unspecified atom stereocenters. The number of ether oxygens (including phenoxy) is 1. The SMILES string of the molecule is COc1cnc(-n2cnc(C)n2)c2[nH]cc(C(=O)C(=O)N3CC/C(=C(\C#N)c4ccccc4)CN3C)c12. The van der Waals surface area contributed by atoms with Gasteiger partial charge in [0.15, 0.2) is 5.82 Å². The van der Waals surface area contributed by atoms with Crippen molar-refractivity contribution in [3.63, 3.8) is 0 Å². The second kappa shape index (κ2) is 9.67. The number of benzene rings is 1. The average Bonchev–Trinajstić information content (AvgIpc) is 3.55. The van der Waals surface area contributed by atoms with E-state index in [1.165, 1.54) is 35.5 Å². The van der Waals surface area contributed by atoms with Crippen LogP contribution in [0.25, 0.3) is 22.3 Å². The Morgan fingerprint density at radius 1 is 1.19 bits per heavy atom. The smallest absolute Gasteiger partial charge is 0.309 e. The first-order valence-corrected chi connectivity index (χ1v) is 11.6. The molecule has 5 rings (SSSR count). The summed E-state index contributed by atoms with van der Waals surface area (Å²) in [5.74, 6) is -0.00128. The highest BCUT2D eigenvalue weighted by molar-refractivity contribution is 6.45. The molecule has 1 N–H and O–H groups in total. The molecule has 0 aliphatic carbocycles. The number of nitrogens with one attached hydrogen (secondary N) is 1. The predicted octanol–water partition coefficient (Wildman–Crippen LogP) is 2.70. The number of carbonyl (C=O) groups is 2. The van der Waals surface area contributed by atoms with E-state index >= 15 is 0 Å². The number of hydrogen-bond acceptors (Lipinski definition) is 8. The number of pyridine rings is 1. The first kappa shape index (κ1) is 23.9. The zero-order chi connectivity index (χ0) is 26.1. The van der Waals surface area contributed by atoms with Gasteiger partial charge in [-0.2, -0.15) is 10.4 Å². The van der Waals surface area contributed by atoms with E-state index in [0.29, 0.717) is 46.8 Å². The minimum Gasteiger partial charge on any atom is -0.494 e. The Bertz CT molecular complexity index is 1580. The second-order valence-electron chi connectivity index (χ2n) is 8.62. The lowest BCUT2D eigenvalue weighted by molar-refractivity contribution is -0.142. The van der Waals surface area contributed by atoms with Crippen LogP contribution < -0.4 is 4.74 Å². The first-order valence-electron chi connectivity index (χ1n) is 11.6. The van der Waals surface area contributed by atoms with E-state index in [0.717, 1.165) is 11.1 Å². The summed E-state index contributed by atoms with van der Waals surface area (Å²) in [4.78, 5) is 38.4. The van der Waals surface area contributed by atoms with Crippen molar-refractivity contribution < 1.29 is 14.3 Å². The number of nitrogens with zero attached hydrogens (tertiary/aromatic N) is 7. The van der Waals surface area contributed by atoms with Crippen molar-refractivity contribution in [2.24, 2.45) is 0 Å². The molecule has 1 aromatic carbocycles. The molecule has 1 fully saturated rings. The summed E-state index contributed by atoms with van der Waals surface area (Å²) in [6.45, 7) is 2.39. The molecule has 186 valence electrons. The molecule has 0 atom stereocenters. The number of carbonyl (C=O) groups excluding carboxylic acids is 2. The van der Waals surface area contributed by atoms with Crippen molar-refractivity contribution in [2.45, 2.75) is 13.3 Å². The van der Waals surface area contributed by atoms with Gasteiger partial charge in [-0.25, -0.2) is 19.7 Å². The maximum absolute atomic E-state index is 13.5. The third-order valence-electron chi connectivity index (χ3n) is 6.36. The van der Waals surface area contributed by atoms with E-state index in [2.05, 4.69) is 26.1 Å². The molecule has 3 aromatic heterocycles. The zero-order valence-corrected chi connectivity index (χ0v) is 20.6. The summed E-state index contributed by atoms with van der Waals surface area (Å²) >= 11 is 0. The minimum absolute atomic E-state index is 0.175. The van der Waals surface area contributed by atoms with Gasteiger partial charge in [-0.05, 0) is 24.5 Å². The van der Waals surface area contributed by atoms with E-state index in [1.807, 2.05) is 30.3 Å². The highest BCUT2D eigenvalue weighted by Gasteiger charge is 2.33. The highest BCUT2D eigenvalue weighted by Crippen LogP contribution is 2.32. The summed E-state index contributed by atoms with van der Waals surface area (Å²) in [6.07, 6.45) is 4.98. The van der Waals surface area contributed by atoms with Crippen LogP contribution in [-0.4, -0.2) is 73.7 Å². The fourth-order valence-electron chi connectivity index (χ4n) is 4.56. The average molecular weight is 497 g/mol. The fraction of sp³-hybridized carbons (Fsp3) is 0.231. The van der Waals surface area contributed by atoms with Crippen LogP contribution in [0, 0.1) is 18.3 Å². The lowest BCUT2D eigenvalue weighted by atomic mass is 9.97. The van der Waals surface area contributed by atoms with E-state index in [-0.39, 0.29) is 12.1 Å². The van der Waals surface area contributed by atoms with Crippen LogP contribution in [0.4, 0.5) is 0 Å². The summed E-state index contributed by atoms with van der Waals surface area (Å²) in [7, 11) is 3.21. The highest BCUT2D eigenvalue weighted by atomic mass is 16.5. The lowest BCUT2D eigenvalue weighted by Gasteiger charge is -2.37. The van der Waals surface area contributed by atoms with Gasteiger partial charge < -0.3 is 9.72 Å². The number of likely N-dealkylation sites (N-methyl/N-ethyl adjacent to an activating group) is 1. The number of fused-ring (bicyclic) bond motifs is 1. The maximum Gasteiger partial charge on any atom is 0.309 e. The molecular formula is C26H24N8O3. The number of hydrazine groups is 1. The van der Waals surface area contributed by atoms with Gasteiger partial charge in [0.05, 0.1) is 41.4 Å². The van der Waals surface area contributed by atoms with Crippen molar-refractivity contribution >= 4 is 28.2 Å². The zero-order valence-electron chi connectivity index (χ0n) is 20.6. The van der Waals surface area contributed by atoms with E-state index in [1.54, 1.807) is 19.0 Å². The van der Waals surface area contributed by atoms with Crippen LogP contribution in [0.5, 0.6) is 5.75 Å². The number of H-pyrrole nitrogens is 1. The Morgan fingerprint density at radius 3 is 2.62 bits per heavy atom. The van der Waals surface area contributed by atoms with Gasteiger partial charge in [0.2, 0.25) is 0 Å². The number of nitriles is 1. The van der Waals surface area contributed by atoms with E-state index < -0.39 is 11.7 Å². The second-order valence-corrected chi connectivity index (χ2v) is 8.62. The predicted molar refractivity (Wildman–Crippen MR) is 135 cm³/mol. The summed E-state index contributed by atoms with van der Waals surface area (Å²) in [6, 6.07) is 11.7. The Hall–Kier alpha value is -4.82. The molecule has 1 saturated heterocycles. The number of aromatic nitrogens is 5. The Labute approximate surface area is 212 Å². The number of amides is 1. The summed E-state index contributed by atoms with van der Waals surface area (Å²) in [5.41, 5.74) is 3.02. The Morgan fingerprint density at radius 2 is 1.97 bits per heavy atom. The van der Waals surface area contributed by atoms with Crippen LogP contribution in [0.2, 0.25) is 0 Å². The van der Waals surface area contributed by atoms with Crippen LogP contribution in [-0.2, 0) is 4.79 Å². The third kappa shape index (κ3) is 4.23. The largest absolute Gasteiger partial charge is 0.494 e. The number of methoxy groups -OCH3 is 1. The molecule has 11 heteroatoms. The third-order valence-corrected chi connectivity index (χ3v) is 6.36. The van der Waals surface area contributed by atoms with Gasteiger partial charge in [-0.1, -0.05) is 30.3 Å². The fourth-order valence-corrected chi connectivity index (χ4v) is 4.56. The molecule has 4 heterocycles. The van der Waals surface area contributed by atoms with Crippen LogP contribution in [0.1, 0.15) is 28.2 Å². The summed E-state index contributed by atoms with van der Waals surface area (Å²) < 4.78 is 6.96. The topological polar surface area (TPSA) is 133 Å². The van der Waals surface area contributed by atoms with Crippen LogP contribution >= 0.6 is 0 Å². The van der Waals surface area contributed by atoms with Gasteiger partial charge in [0, 0.05) is 26.3 Å². The molecule has 0 spiro atoms. The van der Waals surface area contributed by atoms with Crippen molar-refractivity contribution in [3.8, 4) is 17.6 Å². The Kier molecular flexibility index (Phi) is 6.25. The summed E-state index contributed by atoms with van der Waals surface area (Å²) in [5, 5.41) is 17.6. The monoisotopic (exact) mass is 496 g/mol. The number of Topliss-reactive ketones (excluding diaryl/α,β-unsaturated/α-hetero) is 1. The number of hydrogen-bond donors (Lipinski definition) is 1. The maximum atomic E-state index is 13.5. The molecule has 1 aliphatic heterocycles. The molecule has 11 nitrogen and oxygen atoms in total. The van der Waals surface area contributed by atoms with E-state index in [4.69, 9.17) is 4.74 Å². The number of allylic oxidation sites excluding steroid dienone is 1. The molecule has 4 aromatic rings. The Balaban J connectivity index is 1.44. The van der Waals surface area contributed by atoms with Crippen LogP contribution in [0.3, 0.4) is 0 Å². The van der Waals surface area contributed by atoms with Gasteiger partial charge in [0.1, 0.15) is 17.9 Å². The number of aromatic amines is 1. The molecule has 0 saturated carbocycles. The molecule has 1 amide bonds. The minimum atomic E-state index is -0.681. The number of aryl methyl sites for hydroxylation is 1. The first-order chi connectivity index (χ1) is 17.9. The number of ketones is 1. The van der Waals surface area contributed by atoms with Gasteiger partial charge in [-0.15, -0.1) is 0 Å². The van der Waals surface area contributed by atoms with Crippen LogP contribution in [0.15, 0.2) is 54.6 Å². The van der Waals surface area contributed by atoms with E-state index in [9.17, 15) is 14.9 Å². The normalized spacial score (nSPS) is 15.5. The number of rotatable bonds is 5. The van der Waals surface area contributed by atoms with Gasteiger partial charge in [-0.3, -0.25) is 14.6 Å². The lowest BCUT2D eigenvalue weighted by Crippen LogP contribution is -2.51. The van der Waals surface area contributed by atoms with Gasteiger partial charge in [0.25, 0.3) is 5.78 Å². The standard InChI is InChI=1S/C26H24N8O3/c1-16-30-15-33(31-16)25-23-22(21(37-3)13-29-25)20(12-28-23)24(35)26(36)34-10-9-18(14-32(34)2)19(11-27)17-7-5-4-6-8-17/h4-8,12-13,15,28H,9-10,14H2,1-3H3/b19-18-. The van der Waals surface area contributed by atoms with Crippen molar-refractivity contribution in [1.29, 1.82) is 5.26 Å². The molecule has 37 heavy (non-hydrogen) atoms.